The molecule has 0 saturated heterocycles. The van der Waals surface area contributed by atoms with Gasteiger partial charge in [-0.15, -0.1) is 0 Å². The van der Waals surface area contributed by atoms with E-state index in [0.29, 0.717) is 23.3 Å². The predicted octanol–water partition coefficient (Wildman–Crippen LogP) is 3.47. The van der Waals surface area contributed by atoms with Gasteiger partial charge in [-0.3, -0.25) is 0 Å². The van der Waals surface area contributed by atoms with E-state index < -0.39 is 23.6 Å². The van der Waals surface area contributed by atoms with Crippen LogP contribution in [0.5, 0.6) is 0 Å². The second-order valence-electron chi connectivity index (χ2n) is 5.07. The Bertz CT molecular complexity index is 778. The molecule has 134 valence electrons. The van der Waals surface area contributed by atoms with Crippen LogP contribution in [0.4, 0.5) is 33.7 Å². The number of anilines is 2. The summed E-state index contributed by atoms with van der Waals surface area (Å²) in [5.41, 5.74) is -0.596. The van der Waals surface area contributed by atoms with Gasteiger partial charge >= 0.3 is 12.2 Å². The molecule has 0 aliphatic rings. The van der Waals surface area contributed by atoms with Gasteiger partial charge in [0, 0.05) is 11.4 Å². The smallest absolute Gasteiger partial charge is 0.392 e. The number of hydrogen-bond donors (Lipinski definition) is 4. The van der Waals surface area contributed by atoms with Gasteiger partial charge < -0.3 is 20.8 Å². The van der Waals surface area contributed by atoms with Crippen LogP contribution in [-0.4, -0.2) is 16.2 Å². The van der Waals surface area contributed by atoms with Crippen LogP contribution in [0.1, 0.15) is 16.7 Å². The lowest BCUT2D eigenvalue weighted by molar-refractivity contribution is -0.139. The van der Waals surface area contributed by atoms with E-state index in [1.165, 1.54) is 18.2 Å². The van der Waals surface area contributed by atoms with Crippen molar-refractivity contribution >= 4 is 17.4 Å². The van der Waals surface area contributed by atoms with Crippen molar-refractivity contribution in [1.29, 1.82) is 0 Å². The summed E-state index contributed by atoms with van der Waals surface area (Å²) in [6.45, 7) is -0.655. The van der Waals surface area contributed by atoms with Gasteiger partial charge in [-0.1, -0.05) is 6.07 Å². The Morgan fingerprint density at radius 3 is 2.04 bits per heavy atom. The zero-order chi connectivity index (χ0) is 18.6. The number of alkyl halides is 3. The standard InChI is InChI=1S/C16H14F4N2O3/c17-14-4-3-12(6-13(14)16(18,19)20)22-15(25)21-11-2-1-9(7-23)10(5-11)8-24/h1-6,23-24H,7-8H2,(H2,21,22,25). The van der Waals surface area contributed by atoms with E-state index in [1.54, 1.807) is 0 Å². The second kappa shape index (κ2) is 7.49. The van der Waals surface area contributed by atoms with E-state index in [-0.39, 0.29) is 24.6 Å². The quantitative estimate of drug-likeness (QED) is 0.632. The van der Waals surface area contributed by atoms with Gasteiger partial charge in [-0.25, -0.2) is 9.18 Å². The lowest BCUT2D eigenvalue weighted by Crippen LogP contribution is -2.20. The summed E-state index contributed by atoms with van der Waals surface area (Å²) in [6, 6.07) is 5.60. The van der Waals surface area contributed by atoms with E-state index in [2.05, 4.69) is 10.6 Å². The van der Waals surface area contributed by atoms with E-state index in [9.17, 15) is 27.5 Å². The van der Waals surface area contributed by atoms with Gasteiger partial charge in [0.15, 0.2) is 0 Å². The fourth-order valence-electron chi connectivity index (χ4n) is 2.12. The van der Waals surface area contributed by atoms with Crippen molar-refractivity contribution in [3.63, 3.8) is 0 Å². The van der Waals surface area contributed by atoms with Gasteiger partial charge in [0.1, 0.15) is 5.82 Å². The molecule has 2 aromatic carbocycles. The Kier molecular flexibility index (Phi) is 5.60. The predicted molar refractivity (Wildman–Crippen MR) is 82.3 cm³/mol. The fraction of sp³-hybridized carbons (Fsp3) is 0.188. The lowest BCUT2D eigenvalue weighted by Gasteiger charge is -2.13. The maximum atomic E-state index is 13.2. The number of hydrogen-bond acceptors (Lipinski definition) is 3. The largest absolute Gasteiger partial charge is 0.419 e. The van der Waals surface area contributed by atoms with Crippen molar-refractivity contribution < 1.29 is 32.6 Å². The molecule has 0 radical (unpaired) electrons. The average molecular weight is 358 g/mol. The molecule has 9 heteroatoms. The first-order valence-electron chi connectivity index (χ1n) is 7.03. The zero-order valence-corrected chi connectivity index (χ0v) is 12.7. The van der Waals surface area contributed by atoms with Gasteiger partial charge in [0.05, 0.1) is 18.8 Å². The minimum Gasteiger partial charge on any atom is -0.392 e. The number of nitrogens with one attached hydrogen (secondary N) is 2. The first-order valence-corrected chi connectivity index (χ1v) is 7.03. The Hall–Kier alpha value is -2.65. The maximum Gasteiger partial charge on any atom is 0.419 e. The topological polar surface area (TPSA) is 81.6 Å². The highest BCUT2D eigenvalue weighted by Gasteiger charge is 2.34. The van der Waals surface area contributed by atoms with Crippen LogP contribution in [0.3, 0.4) is 0 Å². The molecular formula is C16H14F4N2O3. The van der Waals surface area contributed by atoms with Crippen molar-refractivity contribution in [2.45, 2.75) is 19.4 Å². The monoisotopic (exact) mass is 358 g/mol. The van der Waals surface area contributed by atoms with Gasteiger partial charge in [-0.2, -0.15) is 13.2 Å². The maximum absolute atomic E-state index is 13.2. The van der Waals surface area contributed by atoms with Gasteiger partial charge in [-0.05, 0) is 41.5 Å². The molecule has 0 aromatic heterocycles. The molecule has 4 N–H and O–H groups in total. The highest BCUT2D eigenvalue weighted by molar-refractivity contribution is 5.99. The van der Waals surface area contributed by atoms with Crippen LogP contribution in [0, 0.1) is 5.82 Å². The van der Waals surface area contributed by atoms with Crippen LogP contribution in [0.25, 0.3) is 0 Å². The summed E-state index contributed by atoms with van der Waals surface area (Å²) in [5.74, 6) is -1.44. The summed E-state index contributed by atoms with van der Waals surface area (Å²) in [6.07, 6.45) is -4.88. The number of aliphatic hydroxyl groups excluding tert-OH is 2. The average Bonchev–Trinajstić information content (AvgIpc) is 2.55. The molecule has 5 nitrogen and oxygen atoms in total. The molecule has 0 unspecified atom stereocenters. The Balaban J connectivity index is 2.13. The van der Waals surface area contributed by atoms with Crippen molar-refractivity contribution in [1.82, 2.24) is 0 Å². The summed E-state index contributed by atoms with van der Waals surface area (Å²) in [7, 11) is 0. The third-order valence-electron chi connectivity index (χ3n) is 3.33. The minimum absolute atomic E-state index is 0.236. The Morgan fingerprint density at radius 2 is 1.48 bits per heavy atom. The van der Waals surface area contributed by atoms with Crippen molar-refractivity contribution in [2.24, 2.45) is 0 Å². The summed E-state index contributed by atoms with van der Waals surface area (Å²) in [5, 5.41) is 22.8. The van der Waals surface area contributed by atoms with Crippen LogP contribution in [0.15, 0.2) is 36.4 Å². The molecular weight excluding hydrogens is 344 g/mol. The van der Waals surface area contributed by atoms with E-state index >= 15 is 0 Å². The molecule has 0 bridgehead atoms. The molecule has 0 aliphatic heterocycles. The molecule has 25 heavy (non-hydrogen) atoms. The minimum atomic E-state index is -4.88. The SMILES string of the molecule is O=C(Nc1ccc(CO)c(CO)c1)Nc1ccc(F)c(C(F)(F)F)c1. The van der Waals surface area contributed by atoms with Gasteiger partial charge in [0.2, 0.25) is 0 Å². The van der Waals surface area contributed by atoms with Crippen LogP contribution < -0.4 is 10.6 Å². The first-order chi connectivity index (χ1) is 11.7. The molecule has 2 rings (SSSR count). The van der Waals surface area contributed by atoms with Crippen molar-refractivity contribution in [3.8, 4) is 0 Å². The van der Waals surface area contributed by atoms with E-state index in [1.807, 2.05) is 0 Å². The fourth-order valence-corrected chi connectivity index (χ4v) is 2.12. The highest BCUT2D eigenvalue weighted by atomic mass is 19.4. The molecule has 0 heterocycles. The number of benzene rings is 2. The second-order valence-corrected chi connectivity index (χ2v) is 5.07. The van der Waals surface area contributed by atoms with Crippen LogP contribution in [0.2, 0.25) is 0 Å². The Morgan fingerprint density at radius 1 is 0.920 bits per heavy atom. The third kappa shape index (κ3) is 4.68. The number of aliphatic hydroxyl groups is 2. The van der Waals surface area contributed by atoms with E-state index in [4.69, 9.17) is 5.11 Å². The molecule has 0 atom stereocenters. The van der Waals surface area contributed by atoms with Crippen molar-refractivity contribution in [3.05, 3.63) is 58.9 Å². The number of rotatable bonds is 4. The first kappa shape index (κ1) is 18.7. The van der Waals surface area contributed by atoms with E-state index in [0.717, 1.165) is 6.07 Å². The molecule has 0 fully saturated rings. The number of carbonyl (C=O) groups is 1. The molecule has 2 aromatic rings. The van der Waals surface area contributed by atoms with Crippen LogP contribution >= 0.6 is 0 Å². The molecule has 2 amide bonds. The Labute approximate surface area is 139 Å². The molecule has 0 spiro atoms. The number of amides is 2. The van der Waals surface area contributed by atoms with Crippen LogP contribution in [-0.2, 0) is 19.4 Å². The number of carbonyl (C=O) groups excluding carboxylic acids is 1. The summed E-state index contributed by atoms with van der Waals surface area (Å²) >= 11 is 0. The number of halogens is 4. The lowest BCUT2D eigenvalue weighted by atomic mass is 10.1. The third-order valence-corrected chi connectivity index (χ3v) is 3.33. The number of urea groups is 1. The highest BCUT2D eigenvalue weighted by Crippen LogP contribution is 2.33. The zero-order valence-electron chi connectivity index (χ0n) is 12.7. The van der Waals surface area contributed by atoms with Crippen molar-refractivity contribution in [2.75, 3.05) is 10.6 Å². The molecule has 0 aliphatic carbocycles. The normalized spacial score (nSPS) is 11.3. The summed E-state index contributed by atoms with van der Waals surface area (Å²) < 4.78 is 51.2. The van der Waals surface area contributed by atoms with Gasteiger partial charge in [0.25, 0.3) is 0 Å². The summed E-state index contributed by atoms with van der Waals surface area (Å²) in [4.78, 5) is 11.9. The molecule has 0 saturated carbocycles.